The Morgan fingerprint density at radius 1 is 1.19 bits per heavy atom. The molecule has 5 heteroatoms. The van der Waals surface area contributed by atoms with Gasteiger partial charge in [-0.1, -0.05) is 49.6 Å². The number of likely N-dealkylation sites (N-methyl/N-ethyl adjacent to an activating group) is 1. The fourth-order valence-electron chi connectivity index (χ4n) is 4.29. The van der Waals surface area contributed by atoms with Crippen molar-refractivity contribution in [2.75, 3.05) is 39.8 Å². The lowest BCUT2D eigenvalue weighted by molar-refractivity contribution is -0.127. The Labute approximate surface area is 157 Å². The van der Waals surface area contributed by atoms with Crippen LogP contribution in [-0.2, 0) is 4.79 Å². The van der Waals surface area contributed by atoms with Gasteiger partial charge in [-0.25, -0.2) is 0 Å². The van der Waals surface area contributed by atoms with E-state index in [2.05, 4.69) is 52.5 Å². The van der Waals surface area contributed by atoms with Crippen molar-refractivity contribution in [2.24, 2.45) is 5.73 Å². The maximum absolute atomic E-state index is 12.4. The molecule has 1 aliphatic carbocycles. The van der Waals surface area contributed by atoms with E-state index in [0.717, 1.165) is 58.3 Å². The van der Waals surface area contributed by atoms with Gasteiger partial charge in [-0.15, -0.1) is 0 Å². The van der Waals surface area contributed by atoms with Gasteiger partial charge in [0.05, 0.1) is 5.54 Å². The van der Waals surface area contributed by atoms with Gasteiger partial charge in [0, 0.05) is 38.8 Å². The van der Waals surface area contributed by atoms with Crippen LogP contribution in [0.3, 0.4) is 0 Å². The van der Waals surface area contributed by atoms with Crippen LogP contribution >= 0.6 is 0 Å². The molecule has 3 N–H and O–H groups in total. The van der Waals surface area contributed by atoms with Crippen molar-refractivity contribution in [3.63, 3.8) is 0 Å². The van der Waals surface area contributed by atoms with Gasteiger partial charge >= 0.3 is 0 Å². The summed E-state index contributed by atoms with van der Waals surface area (Å²) < 4.78 is 0. The molecule has 1 heterocycles. The topological polar surface area (TPSA) is 61.6 Å². The summed E-state index contributed by atoms with van der Waals surface area (Å²) in [6.45, 7) is 4.95. The van der Waals surface area contributed by atoms with Crippen molar-refractivity contribution in [1.82, 2.24) is 15.1 Å². The minimum atomic E-state index is -0.626. The maximum atomic E-state index is 12.4. The van der Waals surface area contributed by atoms with E-state index in [1.807, 2.05) is 0 Å². The minimum Gasteiger partial charge on any atom is -0.354 e. The van der Waals surface area contributed by atoms with Crippen LogP contribution in [0.25, 0.3) is 0 Å². The van der Waals surface area contributed by atoms with Crippen LogP contribution in [0.15, 0.2) is 30.3 Å². The molecule has 2 fully saturated rings. The van der Waals surface area contributed by atoms with Crippen LogP contribution in [-0.4, -0.2) is 61.0 Å². The molecule has 26 heavy (non-hydrogen) atoms. The summed E-state index contributed by atoms with van der Waals surface area (Å²) in [4.78, 5) is 17.4. The van der Waals surface area contributed by atoms with Crippen LogP contribution in [0.1, 0.15) is 50.1 Å². The zero-order valence-electron chi connectivity index (χ0n) is 16.1. The van der Waals surface area contributed by atoms with Crippen molar-refractivity contribution in [2.45, 2.75) is 50.1 Å². The molecular formula is C21H34N4O. The van der Waals surface area contributed by atoms with Crippen molar-refractivity contribution in [3.05, 3.63) is 35.9 Å². The van der Waals surface area contributed by atoms with E-state index in [1.165, 1.54) is 12.0 Å². The van der Waals surface area contributed by atoms with Crippen molar-refractivity contribution >= 4 is 5.91 Å². The molecule has 2 aliphatic rings. The first-order valence-electron chi connectivity index (χ1n) is 10.1. The molecule has 144 valence electrons. The van der Waals surface area contributed by atoms with Crippen LogP contribution in [0.5, 0.6) is 0 Å². The summed E-state index contributed by atoms with van der Waals surface area (Å²) in [6, 6.07) is 11.2. The first-order chi connectivity index (χ1) is 12.6. The fourth-order valence-corrected chi connectivity index (χ4v) is 4.29. The van der Waals surface area contributed by atoms with Crippen LogP contribution in [0, 0.1) is 0 Å². The lowest BCUT2D eigenvalue weighted by Gasteiger charge is -2.40. The second-order valence-electron chi connectivity index (χ2n) is 8.05. The molecule has 1 amide bonds. The van der Waals surface area contributed by atoms with Crippen LogP contribution in [0.4, 0.5) is 0 Å². The smallest absolute Gasteiger partial charge is 0.240 e. The Morgan fingerprint density at radius 3 is 2.65 bits per heavy atom. The van der Waals surface area contributed by atoms with E-state index in [0.29, 0.717) is 12.6 Å². The first kappa shape index (κ1) is 19.3. The summed E-state index contributed by atoms with van der Waals surface area (Å²) in [7, 11) is 2.19. The SMILES string of the molecule is CN1CCN(CCCNC(=O)C2(N)CCCCC2)C(c2ccccc2)C1. The average Bonchev–Trinajstić information content (AvgIpc) is 2.67. The fraction of sp³-hybridized carbons (Fsp3) is 0.667. The molecule has 1 unspecified atom stereocenters. The molecule has 1 saturated heterocycles. The Morgan fingerprint density at radius 2 is 1.92 bits per heavy atom. The largest absolute Gasteiger partial charge is 0.354 e. The van der Waals surface area contributed by atoms with Gasteiger partial charge in [0.2, 0.25) is 5.91 Å². The second kappa shape index (κ2) is 8.98. The number of nitrogens with one attached hydrogen (secondary N) is 1. The zero-order chi connectivity index (χ0) is 18.4. The highest BCUT2D eigenvalue weighted by Gasteiger charge is 2.35. The number of nitrogens with two attached hydrogens (primary N) is 1. The quantitative estimate of drug-likeness (QED) is 0.765. The maximum Gasteiger partial charge on any atom is 0.240 e. The van der Waals surface area contributed by atoms with E-state index in [-0.39, 0.29) is 5.91 Å². The molecule has 1 saturated carbocycles. The van der Waals surface area contributed by atoms with E-state index >= 15 is 0 Å². The number of benzene rings is 1. The third kappa shape index (κ3) is 4.84. The molecular weight excluding hydrogens is 324 g/mol. The number of amides is 1. The number of piperazine rings is 1. The standard InChI is InChI=1S/C21H34N4O/c1-24-15-16-25(19(17-24)18-9-4-2-5-10-18)14-8-13-23-20(26)21(22)11-6-3-7-12-21/h2,4-5,9-10,19H,3,6-8,11-17,22H2,1H3,(H,23,26). The lowest BCUT2D eigenvalue weighted by Crippen LogP contribution is -2.55. The van der Waals surface area contributed by atoms with Gasteiger partial charge < -0.3 is 16.0 Å². The van der Waals surface area contributed by atoms with Crippen molar-refractivity contribution in [3.8, 4) is 0 Å². The minimum absolute atomic E-state index is 0.0511. The first-order valence-corrected chi connectivity index (χ1v) is 10.1. The van der Waals surface area contributed by atoms with Gasteiger partial charge in [-0.2, -0.15) is 0 Å². The molecule has 0 spiro atoms. The third-order valence-electron chi connectivity index (χ3n) is 5.98. The highest BCUT2D eigenvalue weighted by Crippen LogP contribution is 2.26. The average molecular weight is 359 g/mol. The Bertz CT molecular complexity index is 571. The highest BCUT2D eigenvalue weighted by molar-refractivity contribution is 5.86. The highest BCUT2D eigenvalue weighted by atomic mass is 16.2. The van der Waals surface area contributed by atoms with Crippen LogP contribution in [0.2, 0.25) is 0 Å². The summed E-state index contributed by atoms with van der Waals surface area (Å²) >= 11 is 0. The molecule has 1 aromatic carbocycles. The molecule has 0 bridgehead atoms. The van der Waals surface area contributed by atoms with Crippen LogP contribution < -0.4 is 11.1 Å². The van der Waals surface area contributed by atoms with E-state index < -0.39 is 5.54 Å². The zero-order valence-corrected chi connectivity index (χ0v) is 16.1. The predicted molar refractivity (Wildman–Crippen MR) is 106 cm³/mol. The summed E-state index contributed by atoms with van der Waals surface area (Å²) in [5.41, 5.74) is 7.07. The molecule has 3 rings (SSSR count). The van der Waals surface area contributed by atoms with Gasteiger partial charge in [0.1, 0.15) is 0 Å². The van der Waals surface area contributed by atoms with E-state index in [9.17, 15) is 4.79 Å². The predicted octanol–water partition coefficient (Wildman–Crippen LogP) is 2.14. The molecule has 1 aromatic rings. The second-order valence-corrected chi connectivity index (χ2v) is 8.05. The van der Waals surface area contributed by atoms with Crippen molar-refractivity contribution < 1.29 is 4.79 Å². The van der Waals surface area contributed by atoms with Crippen molar-refractivity contribution in [1.29, 1.82) is 0 Å². The molecule has 1 atom stereocenters. The Kier molecular flexibility index (Phi) is 6.68. The summed E-state index contributed by atoms with van der Waals surface area (Å²) in [5, 5.41) is 3.09. The normalized spacial score (nSPS) is 24.3. The van der Waals surface area contributed by atoms with Gasteiger partial charge in [0.15, 0.2) is 0 Å². The number of hydrogen-bond donors (Lipinski definition) is 2. The van der Waals surface area contributed by atoms with Gasteiger partial charge in [0.25, 0.3) is 0 Å². The number of nitrogens with zero attached hydrogens (tertiary/aromatic N) is 2. The third-order valence-corrected chi connectivity index (χ3v) is 5.98. The molecule has 0 radical (unpaired) electrons. The molecule has 1 aliphatic heterocycles. The number of carbonyl (C=O) groups is 1. The summed E-state index contributed by atoms with van der Waals surface area (Å²) in [6.07, 6.45) is 5.97. The summed E-state index contributed by atoms with van der Waals surface area (Å²) in [5.74, 6) is 0.0511. The van der Waals surface area contributed by atoms with E-state index in [1.54, 1.807) is 0 Å². The number of hydrogen-bond acceptors (Lipinski definition) is 4. The van der Waals surface area contributed by atoms with Gasteiger partial charge in [-0.3, -0.25) is 9.69 Å². The number of carbonyl (C=O) groups excluding carboxylic acids is 1. The van der Waals surface area contributed by atoms with E-state index in [4.69, 9.17) is 5.73 Å². The Hall–Kier alpha value is -1.43. The lowest BCUT2D eigenvalue weighted by atomic mass is 9.82. The molecule has 0 aromatic heterocycles. The Balaban J connectivity index is 1.47. The monoisotopic (exact) mass is 358 g/mol. The van der Waals surface area contributed by atoms with Gasteiger partial charge in [-0.05, 0) is 31.9 Å². The number of rotatable bonds is 6. The molecule has 5 nitrogen and oxygen atoms in total.